The van der Waals surface area contributed by atoms with Crippen molar-refractivity contribution in [2.45, 2.75) is 19.3 Å². The van der Waals surface area contributed by atoms with E-state index < -0.39 is 0 Å². The van der Waals surface area contributed by atoms with Crippen molar-refractivity contribution in [2.75, 3.05) is 11.9 Å². The molecule has 1 aromatic carbocycles. The zero-order valence-corrected chi connectivity index (χ0v) is 16.3. The molecule has 0 aliphatic carbocycles. The first-order valence-corrected chi connectivity index (χ1v) is 9.54. The number of hydrogen-bond acceptors (Lipinski definition) is 6. The maximum absolute atomic E-state index is 12.6. The summed E-state index contributed by atoms with van der Waals surface area (Å²) in [5.74, 6) is 1.73. The number of carbonyl (C=O) groups is 1. The number of hydrogen-bond donors (Lipinski definition) is 1. The molecule has 0 spiro atoms. The molecule has 150 valence electrons. The Morgan fingerprint density at radius 2 is 2.20 bits per heavy atom. The van der Waals surface area contributed by atoms with Crippen molar-refractivity contribution < 1.29 is 9.53 Å². The number of rotatable bonds is 5. The molecule has 0 unspecified atom stereocenters. The van der Waals surface area contributed by atoms with Gasteiger partial charge in [0.1, 0.15) is 24.5 Å². The van der Waals surface area contributed by atoms with Gasteiger partial charge in [0.05, 0.1) is 5.69 Å². The number of ether oxygens (including phenoxy) is 1. The summed E-state index contributed by atoms with van der Waals surface area (Å²) < 4.78 is 8.91. The van der Waals surface area contributed by atoms with E-state index in [0.717, 1.165) is 22.6 Å². The van der Waals surface area contributed by atoms with E-state index >= 15 is 0 Å². The van der Waals surface area contributed by atoms with E-state index in [4.69, 9.17) is 4.74 Å². The van der Waals surface area contributed by atoms with E-state index in [1.165, 1.54) is 6.33 Å². The molecule has 30 heavy (non-hydrogen) atoms. The van der Waals surface area contributed by atoms with Crippen molar-refractivity contribution in [3.8, 4) is 11.6 Å². The maximum atomic E-state index is 12.6. The van der Waals surface area contributed by atoms with Crippen LogP contribution in [0.4, 0.5) is 5.82 Å². The number of aryl methyl sites for hydroxylation is 1. The highest BCUT2D eigenvalue weighted by Gasteiger charge is 2.33. The number of benzene rings is 1. The average Bonchev–Trinajstić information content (AvgIpc) is 3.35. The van der Waals surface area contributed by atoms with Crippen LogP contribution in [0.25, 0.3) is 11.5 Å². The molecule has 9 nitrogen and oxygen atoms in total. The van der Waals surface area contributed by atoms with Crippen LogP contribution in [0.2, 0.25) is 0 Å². The summed E-state index contributed by atoms with van der Waals surface area (Å²) in [5.41, 5.74) is 3.44. The summed E-state index contributed by atoms with van der Waals surface area (Å²) in [6, 6.07) is 11.4. The third kappa shape index (κ3) is 3.00. The second-order valence-corrected chi connectivity index (χ2v) is 7.06. The number of fused-ring (bicyclic) bond motifs is 2. The molecule has 0 fully saturated rings. The van der Waals surface area contributed by atoms with Gasteiger partial charge in [0.2, 0.25) is 5.91 Å². The van der Waals surface area contributed by atoms with Gasteiger partial charge in [-0.2, -0.15) is 14.3 Å². The number of nitrogens with zero attached hydrogens (tertiary/aromatic N) is 6. The highest BCUT2D eigenvalue weighted by Crippen LogP contribution is 2.40. The second-order valence-electron chi connectivity index (χ2n) is 7.06. The third-order valence-electron chi connectivity index (χ3n) is 5.10. The first-order valence-electron chi connectivity index (χ1n) is 9.54. The lowest BCUT2D eigenvalue weighted by molar-refractivity contribution is -0.116. The fraction of sp³-hybridized carbons (Fsp3) is 0.190. The van der Waals surface area contributed by atoms with Crippen molar-refractivity contribution in [1.29, 1.82) is 0 Å². The standard InChI is InChI=1S/C21H19N7O2/c1-3-9-30-15-6-4-5-14(10-15)16-11-19(29)23-21-20(16)13(2)25-28(21)18-8-7-17-24-22-12-27(17)26-18/h3-8,10,12,16H,1,9,11H2,2H3,(H,23,29)/t16-/m0/s1. The van der Waals surface area contributed by atoms with Crippen molar-refractivity contribution >= 4 is 17.4 Å². The maximum Gasteiger partial charge on any atom is 0.226 e. The molecule has 9 heteroatoms. The number of amides is 1. The van der Waals surface area contributed by atoms with E-state index in [0.29, 0.717) is 30.3 Å². The number of anilines is 1. The van der Waals surface area contributed by atoms with E-state index in [1.807, 2.05) is 31.2 Å². The van der Waals surface area contributed by atoms with Gasteiger partial charge in [0, 0.05) is 17.9 Å². The molecular formula is C21H19N7O2. The number of aromatic nitrogens is 6. The molecule has 1 aliphatic heterocycles. The van der Waals surface area contributed by atoms with Crippen molar-refractivity contribution in [3.63, 3.8) is 0 Å². The summed E-state index contributed by atoms with van der Waals surface area (Å²) in [7, 11) is 0. The molecule has 0 saturated heterocycles. The van der Waals surface area contributed by atoms with Crippen LogP contribution in [0.15, 0.2) is 55.4 Å². The van der Waals surface area contributed by atoms with Crippen LogP contribution in [-0.4, -0.2) is 42.1 Å². The molecule has 1 aliphatic rings. The lowest BCUT2D eigenvalue weighted by atomic mass is 9.86. The second kappa shape index (κ2) is 7.11. The topological polar surface area (TPSA) is 99.2 Å². The van der Waals surface area contributed by atoms with E-state index in [2.05, 4.69) is 32.3 Å². The predicted molar refractivity (Wildman–Crippen MR) is 110 cm³/mol. The smallest absolute Gasteiger partial charge is 0.226 e. The summed E-state index contributed by atoms with van der Waals surface area (Å²) in [6.07, 6.45) is 3.56. The fourth-order valence-corrected chi connectivity index (χ4v) is 3.81. The SMILES string of the molecule is C=CCOc1cccc([C@@H]2CC(=O)Nc3c2c(C)nn3-c2ccc3nncn3n2)c1. The van der Waals surface area contributed by atoms with Crippen LogP contribution in [0, 0.1) is 6.92 Å². The average molecular weight is 401 g/mol. The van der Waals surface area contributed by atoms with Crippen LogP contribution >= 0.6 is 0 Å². The summed E-state index contributed by atoms with van der Waals surface area (Å²) >= 11 is 0. The van der Waals surface area contributed by atoms with Gasteiger partial charge < -0.3 is 10.1 Å². The van der Waals surface area contributed by atoms with Crippen molar-refractivity contribution in [2.24, 2.45) is 0 Å². The molecule has 0 bridgehead atoms. The van der Waals surface area contributed by atoms with Gasteiger partial charge in [-0.05, 0) is 36.8 Å². The summed E-state index contributed by atoms with van der Waals surface area (Å²) in [6.45, 7) is 6.05. The summed E-state index contributed by atoms with van der Waals surface area (Å²) in [4.78, 5) is 12.6. The van der Waals surface area contributed by atoms with E-state index in [1.54, 1.807) is 27.4 Å². The molecule has 1 atom stereocenters. The van der Waals surface area contributed by atoms with Gasteiger partial charge in [-0.15, -0.1) is 15.3 Å². The minimum Gasteiger partial charge on any atom is -0.490 e. The molecule has 4 aromatic rings. The Hall–Kier alpha value is -4.01. The molecule has 0 saturated carbocycles. The normalized spacial score (nSPS) is 15.6. The predicted octanol–water partition coefficient (Wildman–Crippen LogP) is 2.66. The first-order chi connectivity index (χ1) is 14.6. The Morgan fingerprint density at radius 3 is 3.07 bits per heavy atom. The van der Waals surface area contributed by atoms with Crippen LogP contribution in [0.3, 0.4) is 0 Å². The van der Waals surface area contributed by atoms with Gasteiger partial charge in [-0.1, -0.05) is 24.8 Å². The molecular weight excluding hydrogens is 382 g/mol. The Bertz CT molecular complexity index is 1270. The largest absolute Gasteiger partial charge is 0.490 e. The molecule has 1 amide bonds. The van der Waals surface area contributed by atoms with Crippen molar-refractivity contribution in [1.82, 2.24) is 29.6 Å². The molecule has 3 aromatic heterocycles. The first kappa shape index (κ1) is 18.0. The Balaban J connectivity index is 1.60. The Morgan fingerprint density at radius 1 is 1.30 bits per heavy atom. The number of carbonyl (C=O) groups excluding carboxylic acids is 1. The number of nitrogens with one attached hydrogen (secondary N) is 1. The van der Waals surface area contributed by atoms with E-state index in [-0.39, 0.29) is 11.8 Å². The summed E-state index contributed by atoms with van der Waals surface area (Å²) in [5, 5.41) is 20.0. The van der Waals surface area contributed by atoms with Crippen molar-refractivity contribution in [3.05, 3.63) is 72.2 Å². The molecule has 1 N–H and O–H groups in total. The van der Waals surface area contributed by atoms with Gasteiger partial charge in [0.15, 0.2) is 11.5 Å². The quantitative estimate of drug-likeness (QED) is 0.516. The van der Waals surface area contributed by atoms with Crippen LogP contribution in [0.1, 0.15) is 29.2 Å². The third-order valence-corrected chi connectivity index (χ3v) is 5.10. The van der Waals surface area contributed by atoms with Crippen LogP contribution < -0.4 is 10.1 Å². The zero-order valence-electron chi connectivity index (χ0n) is 16.3. The lowest BCUT2D eigenvalue weighted by Gasteiger charge is -2.24. The van der Waals surface area contributed by atoms with E-state index in [9.17, 15) is 4.79 Å². The highest BCUT2D eigenvalue weighted by molar-refractivity contribution is 5.95. The minimum absolute atomic E-state index is 0.0727. The Labute approximate surface area is 172 Å². The lowest BCUT2D eigenvalue weighted by Crippen LogP contribution is -2.25. The van der Waals surface area contributed by atoms with Crippen LogP contribution in [-0.2, 0) is 4.79 Å². The monoisotopic (exact) mass is 401 g/mol. The molecule has 0 radical (unpaired) electrons. The van der Waals surface area contributed by atoms with Gasteiger partial charge in [0.25, 0.3) is 0 Å². The zero-order chi connectivity index (χ0) is 20.7. The fourth-order valence-electron chi connectivity index (χ4n) is 3.81. The van der Waals surface area contributed by atoms with Crippen LogP contribution in [0.5, 0.6) is 5.75 Å². The van der Waals surface area contributed by atoms with Gasteiger partial charge in [-0.25, -0.2) is 0 Å². The minimum atomic E-state index is -0.131. The van der Waals surface area contributed by atoms with Gasteiger partial charge >= 0.3 is 0 Å². The Kier molecular flexibility index (Phi) is 4.27. The molecule has 5 rings (SSSR count). The van der Waals surface area contributed by atoms with Gasteiger partial charge in [-0.3, -0.25) is 4.79 Å². The molecule has 4 heterocycles. The highest BCUT2D eigenvalue weighted by atomic mass is 16.5.